The number of nitrogens with one attached hydrogen (secondary N) is 1. The Morgan fingerprint density at radius 3 is 2.88 bits per heavy atom. The molecule has 0 radical (unpaired) electrons. The number of benzene rings is 1. The SMILES string of the molecule is Cc1cc2n(n1)S(=O)(=O)c1ccccc1N2. The summed E-state index contributed by atoms with van der Waals surface area (Å²) < 4.78 is 25.4. The Labute approximate surface area is 92.8 Å². The summed E-state index contributed by atoms with van der Waals surface area (Å²) in [4.78, 5) is 0.255. The molecule has 6 heteroatoms. The van der Waals surface area contributed by atoms with E-state index in [0.717, 1.165) is 4.09 Å². The maximum Gasteiger partial charge on any atom is 0.286 e. The Kier molecular flexibility index (Phi) is 1.68. The number of hydrogen-bond acceptors (Lipinski definition) is 4. The van der Waals surface area contributed by atoms with Crippen LogP contribution in [0, 0.1) is 6.92 Å². The number of para-hydroxylation sites is 1. The number of rotatable bonds is 0. The van der Waals surface area contributed by atoms with Crippen LogP contribution in [0.15, 0.2) is 35.2 Å². The molecule has 1 aromatic heterocycles. The smallest absolute Gasteiger partial charge is 0.286 e. The predicted molar refractivity (Wildman–Crippen MR) is 59.3 cm³/mol. The molecule has 0 aliphatic carbocycles. The molecular weight excluding hydrogens is 226 g/mol. The molecule has 2 heterocycles. The largest absolute Gasteiger partial charge is 0.338 e. The summed E-state index contributed by atoms with van der Waals surface area (Å²) in [7, 11) is -3.54. The van der Waals surface area contributed by atoms with Crippen LogP contribution in [0.1, 0.15) is 5.69 Å². The van der Waals surface area contributed by atoms with Crippen LogP contribution in [-0.4, -0.2) is 17.6 Å². The van der Waals surface area contributed by atoms with Crippen LogP contribution in [0.3, 0.4) is 0 Å². The first-order valence-corrected chi connectivity index (χ1v) is 6.21. The molecule has 0 atom stereocenters. The molecule has 0 saturated carbocycles. The first kappa shape index (κ1) is 9.41. The third kappa shape index (κ3) is 1.10. The minimum absolute atomic E-state index is 0.255. The van der Waals surface area contributed by atoms with Crippen LogP contribution in [0.2, 0.25) is 0 Å². The quantitative estimate of drug-likeness (QED) is 0.641. The van der Waals surface area contributed by atoms with E-state index in [-0.39, 0.29) is 4.90 Å². The van der Waals surface area contributed by atoms with Crippen molar-refractivity contribution in [2.75, 3.05) is 5.32 Å². The van der Waals surface area contributed by atoms with Crippen LogP contribution < -0.4 is 5.32 Å². The van der Waals surface area contributed by atoms with Gasteiger partial charge in [-0.2, -0.15) is 13.5 Å². The van der Waals surface area contributed by atoms with Crippen molar-refractivity contribution in [2.24, 2.45) is 0 Å². The van der Waals surface area contributed by atoms with E-state index >= 15 is 0 Å². The Morgan fingerprint density at radius 1 is 1.31 bits per heavy atom. The van der Waals surface area contributed by atoms with Gasteiger partial charge >= 0.3 is 0 Å². The summed E-state index contributed by atoms with van der Waals surface area (Å²) in [6.45, 7) is 1.76. The fourth-order valence-corrected chi connectivity index (χ4v) is 3.20. The van der Waals surface area contributed by atoms with E-state index in [1.165, 1.54) is 0 Å². The fourth-order valence-electron chi connectivity index (χ4n) is 1.77. The molecule has 0 spiro atoms. The van der Waals surface area contributed by atoms with Crippen molar-refractivity contribution < 1.29 is 8.42 Å². The van der Waals surface area contributed by atoms with Crippen molar-refractivity contribution in [3.05, 3.63) is 36.0 Å². The first-order chi connectivity index (χ1) is 7.59. The van der Waals surface area contributed by atoms with Gasteiger partial charge in [-0.1, -0.05) is 12.1 Å². The first-order valence-electron chi connectivity index (χ1n) is 4.77. The maximum atomic E-state index is 12.2. The van der Waals surface area contributed by atoms with Gasteiger partial charge in [-0.05, 0) is 19.1 Å². The van der Waals surface area contributed by atoms with Gasteiger partial charge in [0.2, 0.25) is 0 Å². The second-order valence-electron chi connectivity index (χ2n) is 3.64. The van der Waals surface area contributed by atoms with Gasteiger partial charge in [0, 0.05) is 6.07 Å². The van der Waals surface area contributed by atoms with Crippen molar-refractivity contribution in [1.82, 2.24) is 9.19 Å². The van der Waals surface area contributed by atoms with Gasteiger partial charge in [-0.25, -0.2) is 0 Å². The minimum Gasteiger partial charge on any atom is -0.338 e. The standard InChI is InChI=1S/C10H9N3O2S/c1-7-6-10-11-8-4-2-3-5-9(8)16(14,15)13(10)12-7/h2-6,11H,1H3. The molecule has 1 aliphatic rings. The lowest BCUT2D eigenvalue weighted by Gasteiger charge is -2.18. The van der Waals surface area contributed by atoms with E-state index in [2.05, 4.69) is 10.4 Å². The zero-order valence-corrected chi connectivity index (χ0v) is 9.32. The summed E-state index contributed by atoms with van der Waals surface area (Å²) >= 11 is 0. The number of nitrogens with zero attached hydrogens (tertiary/aromatic N) is 2. The number of hydrogen-bond donors (Lipinski definition) is 1. The van der Waals surface area contributed by atoms with Gasteiger partial charge in [-0.15, -0.1) is 4.09 Å². The second-order valence-corrected chi connectivity index (χ2v) is 5.38. The summed E-state index contributed by atoms with van der Waals surface area (Å²) in [5, 5.41) is 7.01. The average Bonchev–Trinajstić information content (AvgIpc) is 2.60. The van der Waals surface area contributed by atoms with E-state index in [4.69, 9.17) is 0 Å². The molecule has 3 rings (SSSR count). The summed E-state index contributed by atoms with van der Waals surface area (Å²) in [5.41, 5.74) is 1.26. The molecule has 0 bridgehead atoms. The summed E-state index contributed by atoms with van der Waals surface area (Å²) in [6, 6.07) is 8.49. The molecule has 0 saturated heterocycles. The van der Waals surface area contributed by atoms with Crippen molar-refractivity contribution in [2.45, 2.75) is 11.8 Å². The van der Waals surface area contributed by atoms with Crippen molar-refractivity contribution in [3.8, 4) is 0 Å². The van der Waals surface area contributed by atoms with Crippen molar-refractivity contribution in [1.29, 1.82) is 0 Å². The molecular formula is C10H9N3O2S. The summed E-state index contributed by atoms with van der Waals surface area (Å²) in [5.74, 6) is 0.483. The molecule has 1 N–H and O–H groups in total. The Hall–Kier alpha value is -1.82. The van der Waals surface area contributed by atoms with E-state index in [9.17, 15) is 8.42 Å². The number of fused-ring (bicyclic) bond motifs is 2. The summed E-state index contributed by atoms with van der Waals surface area (Å²) in [6.07, 6.45) is 0. The third-order valence-electron chi connectivity index (χ3n) is 2.46. The van der Waals surface area contributed by atoms with Gasteiger partial charge < -0.3 is 5.32 Å². The monoisotopic (exact) mass is 235 g/mol. The molecule has 0 fully saturated rings. The zero-order chi connectivity index (χ0) is 11.3. The molecule has 0 amide bonds. The highest BCUT2D eigenvalue weighted by Crippen LogP contribution is 2.33. The van der Waals surface area contributed by atoms with Gasteiger partial charge in [0.25, 0.3) is 10.0 Å². The van der Waals surface area contributed by atoms with E-state index in [0.29, 0.717) is 17.2 Å². The highest BCUT2D eigenvalue weighted by Gasteiger charge is 2.29. The van der Waals surface area contributed by atoms with E-state index in [1.807, 2.05) is 0 Å². The van der Waals surface area contributed by atoms with Gasteiger partial charge in [0.1, 0.15) is 10.7 Å². The third-order valence-corrected chi connectivity index (χ3v) is 4.10. The van der Waals surface area contributed by atoms with Crippen LogP contribution in [0.25, 0.3) is 0 Å². The van der Waals surface area contributed by atoms with Gasteiger partial charge in [0.05, 0.1) is 11.4 Å². The van der Waals surface area contributed by atoms with Gasteiger partial charge in [-0.3, -0.25) is 0 Å². The number of anilines is 2. The topological polar surface area (TPSA) is 64.0 Å². The van der Waals surface area contributed by atoms with E-state index < -0.39 is 10.0 Å². The number of aryl methyl sites for hydroxylation is 1. The molecule has 1 aromatic carbocycles. The predicted octanol–water partition coefficient (Wildman–Crippen LogP) is 1.49. The molecule has 2 aromatic rings. The molecule has 82 valence electrons. The Balaban J connectivity index is 2.36. The highest BCUT2D eigenvalue weighted by atomic mass is 32.2. The molecule has 5 nitrogen and oxygen atoms in total. The maximum absolute atomic E-state index is 12.2. The van der Waals surface area contributed by atoms with Crippen LogP contribution in [0.4, 0.5) is 11.5 Å². The lowest BCUT2D eigenvalue weighted by atomic mass is 10.3. The lowest BCUT2D eigenvalue weighted by molar-refractivity contribution is 0.579. The van der Waals surface area contributed by atoms with Crippen molar-refractivity contribution in [3.63, 3.8) is 0 Å². The van der Waals surface area contributed by atoms with Crippen LogP contribution in [-0.2, 0) is 10.0 Å². The fraction of sp³-hybridized carbons (Fsp3) is 0.100. The molecule has 16 heavy (non-hydrogen) atoms. The zero-order valence-electron chi connectivity index (χ0n) is 8.51. The second kappa shape index (κ2) is 2.85. The minimum atomic E-state index is -3.54. The van der Waals surface area contributed by atoms with Gasteiger partial charge in [0.15, 0.2) is 0 Å². The molecule has 1 aliphatic heterocycles. The molecule has 0 unspecified atom stereocenters. The Morgan fingerprint density at radius 2 is 2.06 bits per heavy atom. The Bertz CT molecular complexity index is 673. The highest BCUT2D eigenvalue weighted by molar-refractivity contribution is 7.90. The van der Waals surface area contributed by atoms with Crippen LogP contribution >= 0.6 is 0 Å². The number of aromatic nitrogens is 2. The lowest BCUT2D eigenvalue weighted by Crippen LogP contribution is -2.22. The van der Waals surface area contributed by atoms with Crippen LogP contribution in [0.5, 0.6) is 0 Å². The average molecular weight is 235 g/mol. The van der Waals surface area contributed by atoms with E-state index in [1.54, 1.807) is 37.3 Å². The van der Waals surface area contributed by atoms with Crippen molar-refractivity contribution >= 4 is 21.5 Å². The normalized spacial score (nSPS) is 16.1.